The summed E-state index contributed by atoms with van der Waals surface area (Å²) in [7, 11) is 2.17. The molecule has 0 bridgehead atoms. The highest BCUT2D eigenvalue weighted by Gasteiger charge is 2.44. The third kappa shape index (κ3) is 10.0. The van der Waals surface area contributed by atoms with E-state index in [4.69, 9.17) is 9.26 Å². The van der Waals surface area contributed by atoms with Crippen LogP contribution >= 0.6 is 9.47 Å². The van der Waals surface area contributed by atoms with Crippen molar-refractivity contribution in [3.05, 3.63) is 35.9 Å². The second kappa shape index (κ2) is 15.4. The minimum absolute atomic E-state index is 0.0807. The molecule has 0 saturated heterocycles. The van der Waals surface area contributed by atoms with Crippen LogP contribution in [-0.2, 0) is 30.3 Å². The van der Waals surface area contributed by atoms with E-state index in [0.717, 1.165) is 24.8 Å². The molecule has 0 radical (unpaired) electrons. The van der Waals surface area contributed by atoms with Crippen molar-refractivity contribution < 1.29 is 32.4 Å². The molecule has 8 heteroatoms. The van der Waals surface area contributed by atoms with E-state index >= 15 is 0 Å². The van der Waals surface area contributed by atoms with Crippen molar-refractivity contribution in [1.82, 2.24) is 0 Å². The Labute approximate surface area is 210 Å². The molecule has 1 aliphatic rings. The third-order valence-corrected chi connectivity index (χ3v) is 7.18. The normalized spacial score (nSPS) is 20.2. The van der Waals surface area contributed by atoms with Gasteiger partial charge in [-0.25, -0.2) is 0 Å². The Hall–Kier alpha value is -1.72. The van der Waals surface area contributed by atoms with Crippen LogP contribution in [0.3, 0.4) is 0 Å². The van der Waals surface area contributed by atoms with Crippen molar-refractivity contribution in [2.75, 3.05) is 0 Å². The topological polar surface area (TPSA) is 69.7 Å². The molecule has 1 aromatic rings. The number of alkyl halides is 2. The van der Waals surface area contributed by atoms with Crippen molar-refractivity contribution in [2.45, 2.75) is 103 Å². The van der Waals surface area contributed by atoms with Gasteiger partial charge in [0.15, 0.2) is 0 Å². The van der Waals surface area contributed by atoms with Gasteiger partial charge in [0.2, 0.25) is 5.78 Å². The standard InChI is InChI=1S/C27H39F2O5P/c1-2-3-17-27(28,29)25(31)16-15-22-21(23(30)18-24(22)34-35)13-9-4-5-10-14-26(32)33-19-20-11-7-6-8-12-20/h6-8,11-12,21-22,24H,2-5,9-10,13-19,35H2,1H3/t21-,22-,24-/m1/s1. The first-order valence-corrected chi connectivity index (χ1v) is 13.2. The van der Waals surface area contributed by atoms with Crippen LogP contribution in [0.25, 0.3) is 0 Å². The number of unbranched alkanes of at least 4 members (excludes halogenated alkanes) is 4. The fraction of sp³-hybridized carbons (Fsp3) is 0.667. The second-order valence-electron chi connectivity index (χ2n) is 9.48. The van der Waals surface area contributed by atoms with E-state index in [-0.39, 0.29) is 55.6 Å². The maximum atomic E-state index is 14.1. The fourth-order valence-electron chi connectivity index (χ4n) is 4.73. The van der Waals surface area contributed by atoms with Gasteiger partial charge in [0.05, 0.1) is 6.10 Å². The average molecular weight is 513 g/mol. The molecule has 0 aromatic heterocycles. The van der Waals surface area contributed by atoms with Crippen molar-refractivity contribution in [1.29, 1.82) is 0 Å². The van der Waals surface area contributed by atoms with Gasteiger partial charge < -0.3 is 9.26 Å². The lowest BCUT2D eigenvalue weighted by atomic mass is 9.85. The first kappa shape index (κ1) is 29.5. The molecule has 5 nitrogen and oxygen atoms in total. The molecule has 1 aromatic carbocycles. The fourth-order valence-corrected chi connectivity index (χ4v) is 5.02. The van der Waals surface area contributed by atoms with Crippen molar-refractivity contribution >= 4 is 27.0 Å². The number of hydrogen-bond acceptors (Lipinski definition) is 5. The molecular weight excluding hydrogens is 473 g/mol. The molecule has 4 atom stereocenters. The van der Waals surface area contributed by atoms with Crippen molar-refractivity contribution in [3.8, 4) is 0 Å². The molecule has 0 spiro atoms. The zero-order valence-electron chi connectivity index (χ0n) is 20.7. The van der Waals surface area contributed by atoms with Crippen LogP contribution in [0.5, 0.6) is 0 Å². The van der Waals surface area contributed by atoms with Crippen molar-refractivity contribution in [3.63, 3.8) is 0 Å². The number of carbonyl (C=O) groups is 3. The molecule has 35 heavy (non-hydrogen) atoms. The Balaban J connectivity index is 1.70. The van der Waals surface area contributed by atoms with Gasteiger partial charge in [0, 0.05) is 41.1 Å². The first-order valence-electron chi connectivity index (χ1n) is 12.8. The predicted molar refractivity (Wildman–Crippen MR) is 134 cm³/mol. The van der Waals surface area contributed by atoms with E-state index in [1.54, 1.807) is 0 Å². The molecule has 2 rings (SSSR count). The molecule has 1 saturated carbocycles. The molecule has 0 N–H and O–H groups in total. The van der Waals surface area contributed by atoms with E-state index in [1.165, 1.54) is 0 Å². The Morgan fingerprint density at radius 3 is 2.43 bits per heavy atom. The SMILES string of the molecule is CCCCC(F)(F)C(=O)CC[C@H]1[C@H](OP)CC(=O)[C@@H]1CCCCCCC(=O)OCc1ccccc1. The van der Waals surface area contributed by atoms with Gasteiger partial charge in [-0.05, 0) is 37.2 Å². The molecule has 1 aliphatic carbocycles. The molecular formula is C27H39F2O5P. The summed E-state index contributed by atoms with van der Waals surface area (Å²) in [5.41, 5.74) is 0.954. The highest BCUT2D eigenvalue weighted by atomic mass is 31.0. The minimum Gasteiger partial charge on any atom is -0.461 e. The molecule has 0 heterocycles. The van der Waals surface area contributed by atoms with E-state index in [9.17, 15) is 23.2 Å². The lowest BCUT2D eigenvalue weighted by molar-refractivity contribution is -0.145. The van der Waals surface area contributed by atoms with E-state index < -0.39 is 18.1 Å². The summed E-state index contributed by atoms with van der Waals surface area (Å²) in [6.07, 6.45) is 4.64. The number of benzene rings is 1. The number of rotatable bonds is 17. The summed E-state index contributed by atoms with van der Waals surface area (Å²) < 4.78 is 38.8. The van der Waals surface area contributed by atoms with Gasteiger partial charge in [-0.15, -0.1) is 0 Å². The first-order chi connectivity index (χ1) is 16.8. The van der Waals surface area contributed by atoms with Crippen LogP contribution in [0, 0.1) is 11.8 Å². The van der Waals surface area contributed by atoms with Crippen LogP contribution in [0.15, 0.2) is 30.3 Å². The summed E-state index contributed by atoms with van der Waals surface area (Å²) in [6, 6.07) is 9.53. The number of ketones is 2. The quantitative estimate of drug-likeness (QED) is 0.133. The summed E-state index contributed by atoms with van der Waals surface area (Å²) in [4.78, 5) is 36.6. The van der Waals surface area contributed by atoms with E-state index in [0.29, 0.717) is 32.1 Å². The Morgan fingerprint density at radius 1 is 1.03 bits per heavy atom. The third-order valence-electron chi connectivity index (χ3n) is 6.83. The Bertz CT molecular complexity index is 802. The summed E-state index contributed by atoms with van der Waals surface area (Å²) in [6.45, 7) is 2.09. The smallest absolute Gasteiger partial charge is 0.306 e. The second-order valence-corrected chi connectivity index (χ2v) is 9.76. The van der Waals surface area contributed by atoms with Gasteiger partial charge in [-0.2, -0.15) is 8.78 Å². The number of ether oxygens (including phenoxy) is 1. The van der Waals surface area contributed by atoms with Gasteiger partial charge >= 0.3 is 11.9 Å². The summed E-state index contributed by atoms with van der Waals surface area (Å²) >= 11 is 0. The van der Waals surface area contributed by atoms with E-state index in [2.05, 4.69) is 9.47 Å². The monoisotopic (exact) mass is 512 g/mol. The van der Waals surface area contributed by atoms with Crippen molar-refractivity contribution in [2.24, 2.45) is 11.8 Å². The largest absolute Gasteiger partial charge is 0.461 e. The average Bonchev–Trinajstić information content (AvgIpc) is 3.16. The summed E-state index contributed by atoms with van der Waals surface area (Å²) in [5.74, 6) is -4.97. The maximum absolute atomic E-state index is 14.1. The lowest BCUT2D eigenvalue weighted by Gasteiger charge is -2.23. The number of Topliss-reactive ketones (excluding diaryl/α,β-unsaturated/α-hetero) is 2. The molecule has 196 valence electrons. The van der Waals surface area contributed by atoms with Crippen LogP contribution in [0.2, 0.25) is 0 Å². The Kier molecular flexibility index (Phi) is 13.0. The molecule has 0 aliphatic heterocycles. The van der Waals surface area contributed by atoms with E-state index in [1.807, 2.05) is 37.3 Å². The highest BCUT2D eigenvalue weighted by Crippen LogP contribution is 2.39. The van der Waals surface area contributed by atoms with Gasteiger partial charge in [-0.1, -0.05) is 62.9 Å². The number of hydrogen-bond donors (Lipinski definition) is 0. The highest BCUT2D eigenvalue weighted by molar-refractivity contribution is 7.09. The molecule has 1 unspecified atom stereocenters. The van der Waals surface area contributed by atoms with Crippen LogP contribution in [-0.4, -0.2) is 29.6 Å². The van der Waals surface area contributed by atoms with Gasteiger partial charge in [-0.3, -0.25) is 14.4 Å². The Morgan fingerprint density at radius 2 is 1.74 bits per heavy atom. The predicted octanol–water partition coefficient (Wildman–Crippen LogP) is 6.63. The zero-order valence-corrected chi connectivity index (χ0v) is 21.8. The van der Waals surface area contributed by atoms with Gasteiger partial charge in [0.1, 0.15) is 12.4 Å². The van der Waals surface area contributed by atoms with Crippen LogP contribution in [0.4, 0.5) is 8.78 Å². The van der Waals surface area contributed by atoms with Crippen LogP contribution in [0.1, 0.15) is 89.5 Å². The molecule has 0 amide bonds. The molecule has 1 fully saturated rings. The lowest BCUT2D eigenvalue weighted by Crippen LogP contribution is -2.30. The summed E-state index contributed by atoms with van der Waals surface area (Å²) in [5, 5.41) is 0. The number of carbonyl (C=O) groups excluding carboxylic acids is 3. The number of halogens is 2. The van der Waals surface area contributed by atoms with Gasteiger partial charge in [0.25, 0.3) is 0 Å². The maximum Gasteiger partial charge on any atom is 0.306 e. The zero-order chi connectivity index (χ0) is 25.7. The minimum atomic E-state index is -3.30. The number of esters is 1. The van der Waals surface area contributed by atoms with Crippen LogP contribution < -0.4 is 0 Å².